The lowest BCUT2D eigenvalue weighted by Gasteiger charge is -2.19. The first-order valence-electron chi connectivity index (χ1n) is 3.04. The highest BCUT2D eigenvalue weighted by molar-refractivity contribution is 4.65. The van der Waals surface area contributed by atoms with Crippen LogP contribution >= 0.6 is 0 Å². The Kier molecular flexibility index (Phi) is 3.98. The van der Waals surface area contributed by atoms with Crippen LogP contribution in [0.15, 0.2) is 0 Å². The van der Waals surface area contributed by atoms with Crippen molar-refractivity contribution in [3.63, 3.8) is 0 Å². The van der Waals surface area contributed by atoms with Crippen molar-refractivity contribution < 1.29 is 36.2 Å². The Hall–Kier alpha value is -0.500. The van der Waals surface area contributed by atoms with Gasteiger partial charge in [0.15, 0.2) is 0 Å². The maximum absolute atomic E-state index is 12.0. The molecule has 0 saturated heterocycles. The Morgan fingerprint density at radius 3 is 1.92 bits per heavy atom. The van der Waals surface area contributed by atoms with E-state index in [2.05, 4.69) is 4.74 Å². The Labute approximate surface area is 69.1 Å². The molecular weight excluding hydrogens is 206 g/mol. The zero-order valence-corrected chi connectivity index (χ0v) is 6.11. The summed E-state index contributed by atoms with van der Waals surface area (Å²) in [5.41, 5.74) is 0. The van der Waals surface area contributed by atoms with E-state index in [1.54, 1.807) is 0 Å². The van der Waals surface area contributed by atoms with Gasteiger partial charge in [0.2, 0.25) is 0 Å². The number of rotatable bonds is 4. The van der Waals surface area contributed by atoms with Crippen molar-refractivity contribution in [3.8, 4) is 0 Å². The molecule has 13 heavy (non-hydrogen) atoms. The van der Waals surface area contributed by atoms with Gasteiger partial charge in [-0.25, -0.2) is 4.39 Å². The van der Waals surface area contributed by atoms with Gasteiger partial charge in [-0.05, 0) is 0 Å². The molecule has 8 heteroatoms. The van der Waals surface area contributed by atoms with E-state index in [4.69, 9.17) is 5.11 Å². The van der Waals surface area contributed by atoms with E-state index in [0.29, 0.717) is 0 Å². The van der Waals surface area contributed by atoms with E-state index in [-0.39, 0.29) is 0 Å². The van der Waals surface area contributed by atoms with Crippen molar-refractivity contribution >= 4 is 0 Å². The van der Waals surface area contributed by atoms with Crippen molar-refractivity contribution in [2.24, 2.45) is 0 Å². The monoisotopic (exact) mass is 212 g/mol. The van der Waals surface area contributed by atoms with Crippen LogP contribution in [0.5, 0.6) is 0 Å². The van der Waals surface area contributed by atoms with E-state index >= 15 is 0 Å². The number of alkyl halides is 6. The van der Waals surface area contributed by atoms with Crippen LogP contribution < -0.4 is 0 Å². The van der Waals surface area contributed by atoms with Crippen LogP contribution in [0.1, 0.15) is 0 Å². The first-order valence-corrected chi connectivity index (χ1v) is 3.04. The van der Waals surface area contributed by atoms with Gasteiger partial charge >= 0.3 is 12.3 Å². The normalized spacial score (nSPS) is 15.9. The third-order valence-electron chi connectivity index (χ3n) is 0.974. The molecule has 0 amide bonds. The molecule has 0 spiro atoms. The van der Waals surface area contributed by atoms with Crippen LogP contribution in [0.3, 0.4) is 0 Å². The number of hydrogen-bond donors (Lipinski definition) is 1. The average molecular weight is 212 g/mol. The Bertz CT molecular complexity index is 156. The number of halogens is 6. The first kappa shape index (κ1) is 12.5. The standard InChI is InChI=1S/C5H6F6O2/c6-3(1-12)2-13-5(10,11)4(7,8)9/h3,12H,1-2H2. The number of aliphatic hydroxyl groups excluding tert-OH is 1. The Morgan fingerprint density at radius 1 is 1.15 bits per heavy atom. The lowest BCUT2D eigenvalue weighted by molar-refractivity contribution is -0.393. The van der Waals surface area contributed by atoms with Crippen molar-refractivity contribution in [1.29, 1.82) is 0 Å². The molecule has 0 radical (unpaired) electrons. The van der Waals surface area contributed by atoms with Gasteiger partial charge in [-0.3, -0.25) is 0 Å². The molecule has 0 aliphatic heterocycles. The molecule has 0 aromatic rings. The van der Waals surface area contributed by atoms with Gasteiger partial charge in [0.1, 0.15) is 6.17 Å². The van der Waals surface area contributed by atoms with E-state index in [1.807, 2.05) is 0 Å². The summed E-state index contributed by atoms with van der Waals surface area (Å²) in [7, 11) is 0. The minimum absolute atomic E-state index is 1.17. The molecule has 0 fully saturated rings. The summed E-state index contributed by atoms with van der Waals surface area (Å²) in [5, 5.41) is 7.95. The van der Waals surface area contributed by atoms with Crippen molar-refractivity contribution in [3.05, 3.63) is 0 Å². The lowest BCUT2D eigenvalue weighted by Crippen LogP contribution is -2.40. The maximum atomic E-state index is 12.0. The first-order chi connectivity index (χ1) is 5.70. The van der Waals surface area contributed by atoms with Crippen LogP contribution in [-0.2, 0) is 4.74 Å². The fourth-order valence-corrected chi connectivity index (χ4v) is 0.330. The molecule has 0 heterocycles. The highest BCUT2D eigenvalue weighted by atomic mass is 19.4. The number of aliphatic hydroxyl groups is 1. The van der Waals surface area contributed by atoms with Crippen LogP contribution in [-0.4, -0.2) is 36.8 Å². The zero-order chi connectivity index (χ0) is 10.7. The summed E-state index contributed by atoms with van der Waals surface area (Å²) in [4.78, 5) is 0. The quantitative estimate of drug-likeness (QED) is 0.715. The molecule has 0 saturated carbocycles. The van der Waals surface area contributed by atoms with Gasteiger partial charge in [0.25, 0.3) is 0 Å². The Balaban J connectivity index is 4.04. The van der Waals surface area contributed by atoms with Gasteiger partial charge in [0, 0.05) is 0 Å². The third kappa shape index (κ3) is 3.81. The van der Waals surface area contributed by atoms with E-state index in [9.17, 15) is 26.3 Å². The molecule has 2 nitrogen and oxygen atoms in total. The second kappa shape index (κ2) is 4.14. The summed E-state index contributed by atoms with van der Waals surface area (Å²) in [6.07, 6.45) is -13.5. The summed E-state index contributed by atoms with van der Waals surface area (Å²) in [5.74, 6) is 0. The summed E-state index contributed by atoms with van der Waals surface area (Å²) in [6.45, 7) is -2.68. The van der Waals surface area contributed by atoms with Gasteiger partial charge in [-0.2, -0.15) is 22.0 Å². The highest BCUT2D eigenvalue weighted by Crippen LogP contribution is 2.36. The summed E-state index contributed by atoms with van der Waals surface area (Å²) in [6, 6.07) is 0. The molecule has 0 aliphatic carbocycles. The topological polar surface area (TPSA) is 29.5 Å². The predicted molar refractivity (Wildman–Crippen MR) is 28.9 cm³/mol. The molecular formula is C5H6F6O2. The van der Waals surface area contributed by atoms with Gasteiger partial charge in [-0.1, -0.05) is 0 Å². The van der Waals surface area contributed by atoms with Crippen LogP contribution in [0.2, 0.25) is 0 Å². The van der Waals surface area contributed by atoms with E-state index < -0.39 is 31.7 Å². The summed E-state index contributed by atoms with van der Waals surface area (Å²) >= 11 is 0. The van der Waals surface area contributed by atoms with Gasteiger partial charge < -0.3 is 9.84 Å². The molecule has 0 bridgehead atoms. The Morgan fingerprint density at radius 2 is 1.62 bits per heavy atom. The van der Waals surface area contributed by atoms with E-state index in [1.165, 1.54) is 0 Å². The smallest absolute Gasteiger partial charge is 0.393 e. The zero-order valence-electron chi connectivity index (χ0n) is 6.11. The molecule has 0 aromatic heterocycles. The number of ether oxygens (including phenoxy) is 1. The van der Waals surface area contributed by atoms with Crippen LogP contribution in [0, 0.1) is 0 Å². The van der Waals surface area contributed by atoms with Gasteiger partial charge in [-0.15, -0.1) is 0 Å². The van der Waals surface area contributed by atoms with Crippen molar-refractivity contribution in [2.75, 3.05) is 13.2 Å². The minimum atomic E-state index is -5.87. The second-order valence-corrected chi connectivity index (χ2v) is 2.11. The predicted octanol–water partition coefficient (Wildman–Crippen LogP) is 1.49. The largest absolute Gasteiger partial charge is 0.482 e. The maximum Gasteiger partial charge on any atom is 0.482 e. The third-order valence-corrected chi connectivity index (χ3v) is 0.974. The van der Waals surface area contributed by atoms with Gasteiger partial charge in [0.05, 0.1) is 13.2 Å². The fraction of sp³-hybridized carbons (Fsp3) is 1.00. The number of hydrogen-bond acceptors (Lipinski definition) is 2. The molecule has 0 aliphatic rings. The average Bonchev–Trinajstić information content (AvgIpc) is 1.98. The SMILES string of the molecule is OCC(F)COC(F)(F)C(F)(F)F. The van der Waals surface area contributed by atoms with Crippen molar-refractivity contribution in [2.45, 2.75) is 18.5 Å². The minimum Gasteiger partial charge on any atom is -0.393 e. The van der Waals surface area contributed by atoms with Crippen molar-refractivity contribution in [1.82, 2.24) is 0 Å². The molecule has 1 unspecified atom stereocenters. The van der Waals surface area contributed by atoms with E-state index in [0.717, 1.165) is 0 Å². The lowest BCUT2D eigenvalue weighted by atomic mass is 10.4. The molecule has 0 aromatic carbocycles. The summed E-state index contributed by atoms with van der Waals surface area (Å²) < 4.78 is 72.6. The second-order valence-electron chi connectivity index (χ2n) is 2.11. The fourth-order valence-electron chi connectivity index (χ4n) is 0.330. The molecule has 1 atom stereocenters. The highest BCUT2D eigenvalue weighted by Gasteiger charge is 2.59. The molecule has 0 rings (SSSR count). The van der Waals surface area contributed by atoms with Crippen LogP contribution in [0.4, 0.5) is 26.3 Å². The van der Waals surface area contributed by atoms with Crippen LogP contribution in [0.25, 0.3) is 0 Å². The molecule has 80 valence electrons. The molecule has 1 N–H and O–H groups in total.